The van der Waals surface area contributed by atoms with Crippen LogP contribution in [0.2, 0.25) is 0 Å². The van der Waals surface area contributed by atoms with Crippen LogP contribution in [0.4, 0.5) is 0 Å². The number of quaternary nitrogens is 1. The fourth-order valence-corrected chi connectivity index (χ4v) is 4.30. The molecule has 8 nitrogen and oxygen atoms in total. The van der Waals surface area contributed by atoms with Gasteiger partial charge in [-0.2, -0.15) is 21.0 Å². The van der Waals surface area contributed by atoms with Gasteiger partial charge >= 0.3 is 0 Å². The SMILES string of the molecule is CCC(C)(CC(C)(C)C(=O)NCCC[N+](C)(C)CCCS(=O)(=O)O)C(=O)NCCCS. The van der Waals surface area contributed by atoms with Crippen molar-refractivity contribution in [3.05, 3.63) is 0 Å². The molecule has 0 saturated heterocycles. The molecule has 0 aromatic rings. The lowest BCUT2D eigenvalue weighted by Gasteiger charge is -2.35. The Kier molecular flexibility index (Phi) is 12.7. The number of hydrogen-bond donors (Lipinski definition) is 4. The Bertz CT molecular complexity index is 681. The average Bonchev–Trinajstić information content (AvgIpc) is 2.63. The third-order valence-corrected chi connectivity index (χ3v) is 6.91. The van der Waals surface area contributed by atoms with Gasteiger partial charge in [0.05, 0.1) is 32.9 Å². The molecular formula is C21H44N3O5S2+. The van der Waals surface area contributed by atoms with Crippen molar-refractivity contribution in [2.24, 2.45) is 10.8 Å². The maximum Gasteiger partial charge on any atom is 0.265 e. The first-order valence-corrected chi connectivity index (χ1v) is 13.3. The van der Waals surface area contributed by atoms with Crippen LogP contribution in [0.25, 0.3) is 0 Å². The number of carbonyl (C=O) groups excluding carboxylic acids is 2. The van der Waals surface area contributed by atoms with Crippen LogP contribution in [0, 0.1) is 10.8 Å². The normalized spacial score (nSPS) is 14.7. The van der Waals surface area contributed by atoms with Crippen LogP contribution in [0.1, 0.15) is 59.8 Å². The second kappa shape index (κ2) is 13.0. The first kappa shape index (κ1) is 30.2. The third-order valence-electron chi connectivity index (χ3n) is 5.79. The summed E-state index contributed by atoms with van der Waals surface area (Å²) in [6.45, 7) is 10.1. The molecule has 0 heterocycles. The highest BCUT2D eigenvalue weighted by Gasteiger charge is 2.40. The van der Waals surface area contributed by atoms with Crippen LogP contribution in [-0.2, 0) is 19.7 Å². The average molecular weight is 483 g/mol. The molecule has 0 radical (unpaired) electrons. The number of rotatable bonds is 16. The van der Waals surface area contributed by atoms with E-state index in [0.29, 0.717) is 49.1 Å². The van der Waals surface area contributed by atoms with Crippen LogP contribution in [0.15, 0.2) is 0 Å². The van der Waals surface area contributed by atoms with Crippen molar-refractivity contribution in [2.75, 3.05) is 51.8 Å². The zero-order valence-corrected chi connectivity index (χ0v) is 21.9. The number of nitrogens with zero attached hydrogens (tertiary/aromatic N) is 1. The Morgan fingerprint density at radius 3 is 2.00 bits per heavy atom. The minimum atomic E-state index is -3.93. The van der Waals surface area contributed by atoms with E-state index in [2.05, 4.69) is 23.3 Å². The topological polar surface area (TPSA) is 113 Å². The Balaban J connectivity index is 4.59. The highest BCUT2D eigenvalue weighted by Crippen LogP contribution is 2.37. The first-order chi connectivity index (χ1) is 14.1. The fraction of sp³-hybridized carbons (Fsp3) is 0.905. The maximum atomic E-state index is 12.8. The van der Waals surface area contributed by atoms with Gasteiger partial charge in [-0.05, 0) is 25.0 Å². The molecule has 0 fully saturated rings. The van der Waals surface area contributed by atoms with E-state index in [9.17, 15) is 18.0 Å². The lowest BCUT2D eigenvalue weighted by molar-refractivity contribution is -0.890. The van der Waals surface area contributed by atoms with Crippen LogP contribution in [-0.4, -0.2) is 81.0 Å². The molecule has 10 heteroatoms. The zero-order valence-electron chi connectivity index (χ0n) is 20.2. The zero-order chi connectivity index (χ0) is 24.3. The molecule has 0 aliphatic rings. The highest BCUT2D eigenvalue weighted by molar-refractivity contribution is 7.85. The van der Waals surface area contributed by atoms with E-state index in [1.807, 2.05) is 41.8 Å². The molecule has 0 aliphatic heterocycles. The van der Waals surface area contributed by atoms with Crippen LogP contribution < -0.4 is 10.6 Å². The van der Waals surface area contributed by atoms with Gasteiger partial charge < -0.3 is 15.1 Å². The third kappa shape index (κ3) is 12.7. The van der Waals surface area contributed by atoms with Crippen molar-refractivity contribution in [2.45, 2.75) is 59.8 Å². The number of amides is 2. The summed E-state index contributed by atoms with van der Waals surface area (Å²) in [6.07, 6.45) is 3.04. The van der Waals surface area contributed by atoms with Gasteiger partial charge in [-0.15, -0.1) is 0 Å². The van der Waals surface area contributed by atoms with E-state index in [-0.39, 0.29) is 17.6 Å². The Hall–Kier alpha value is -0.840. The van der Waals surface area contributed by atoms with E-state index in [1.54, 1.807) is 0 Å². The van der Waals surface area contributed by atoms with E-state index in [1.165, 1.54) is 0 Å². The summed E-state index contributed by atoms with van der Waals surface area (Å²) < 4.78 is 31.1. The molecule has 3 N–H and O–H groups in total. The molecule has 1 atom stereocenters. The number of nitrogens with one attached hydrogen (secondary N) is 2. The monoisotopic (exact) mass is 482 g/mol. The summed E-state index contributed by atoms with van der Waals surface area (Å²) in [5.41, 5.74) is -1.31. The van der Waals surface area contributed by atoms with Crippen LogP contribution in [0.5, 0.6) is 0 Å². The molecular weight excluding hydrogens is 438 g/mol. The molecule has 184 valence electrons. The van der Waals surface area contributed by atoms with E-state index in [4.69, 9.17) is 4.55 Å². The molecule has 2 amide bonds. The van der Waals surface area contributed by atoms with Gasteiger partial charge in [0.25, 0.3) is 10.1 Å². The Morgan fingerprint density at radius 2 is 1.48 bits per heavy atom. The molecule has 0 spiro atoms. The summed E-state index contributed by atoms with van der Waals surface area (Å²) in [4.78, 5) is 25.5. The number of thiol groups is 1. The second-order valence-corrected chi connectivity index (χ2v) is 12.0. The first-order valence-electron chi connectivity index (χ1n) is 11.0. The fourth-order valence-electron chi connectivity index (χ4n) is 3.65. The van der Waals surface area contributed by atoms with Crippen molar-refractivity contribution in [3.63, 3.8) is 0 Å². The Morgan fingerprint density at radius 1 is 0.968 bits per heavy atom. The lowest BCUT2D eigenvalue weighted by Crippen LogP contribution is -2.47. The number of carbonyl (C=O) groups is 2. The summed E-state index contributed by atoms with van der Waals surface area (Å²) in [5, 5.41) is 5.94. The van der Waals surface area contributed by atoms with Crippen molar-refractivity contribution < 1.29 is 27.0 Å². The minimum Gasteiger partial charge on any atom is -0.356 e. The summed E-state index contributed by atoms with van der Waals surface area (Å²) in [6, 6.07) is 0. The largest absolute Gasteiger partial charge is 0.356 e. The van der Waals surface area contributed by atoms with Crippen molar-refractivity contribution >= 4 is 34.6 Å². The molecule has 0 aromatic heterocycles. The smallest absolute Gasteiger partial charge is 0.265 e. The summed E-state index contributed by atoms with van der Waals surface area (Å²) in [5.74, 6) is 0.374. The maximum absolute atomic E-state index is 12.8. The van der Waals surface area contributed by atoms with Gasteiger partial charge in [0.15, 0.2) is 0 Å². The van der Waals surface area contributed by atoms with Crippen molar-refractivity contribution in [1.82, 2.24) is 10.6 Å². The summed E-state index contributed by atoms with van der Waals surface area (Å²) in [7, 11) is 0.0611. The van der Waals surface area contributed by atoms with Crippen LogP contribution in [0.3, 0.4) is 0 Å². The van der Waals surface area contributed by atoms with Crippen LogP contribution >= 0.6 is 12.6 Å². The minimum absolute atomic E-state index is 0.0263. The highest BCUT2D eigenvalue weighted by atomic mass is 32.2. The standard InChI is InChI=1S/C21H43N3O5S2/c1-7-21(4,19(26)23-12-9-15-30)17-20(2,3)18(25)22-11-8-13-24(5,6)14-10-16-31(27,28)29/h7-17H2,1-6H3,(H3-,22,23,25,26,27,28,29,30)/p+1. The van der Waals surface area contributed by atoms with Gasteiger partial charge in [0.2, 0.25) is 11.8 Å². The predicted molar refractivity (Wildman–Crippen MR) is 129 cm³/mol. The van der Waals surface area contributed by atoms with Gasteiger partial charge in [0, 0.05) is 36.8 Å². The van der Waals surface area contributed by atoms with Crippen molar-refractivity contribution in [1.29, 1.82) is 0 Å². The molecule has 0 bridgehead atoms. The van der Waals surface area contributed by atoms with Gasteiger partial charge in [-0.25, -0.2) is 0 Å². The van der Waals surface area contributed by atoms with E-state index >= 15 is 0 Å². The predicted octanol–water partition coefficient (Wildman–Crippen LogP) is 2.12. The molecule has 31 heavy (non-hydrogen) atoms. The number of hydrogen-bond acceptors (Lipinski definition) is 5. The quantitative estimate of drug-likeness (QED) is 0.116. The van der Waals surface area contributed by atoms with Gasteiger partial charge in [-0.1, -0.05) is 27.7 Å². The lowest BCUT2D eigenvalue weighted by atomic mass is 9.71. The summed E-state index contributed by atoms with van der Waals surface area (Å²) >= 11 is 4.16. The van der Waals surface area contributed by atoms with Gasteiger partial charge in [-0.3, -0.25) is 14.1 Å². The second-order valence-electron chi connectivity index (χ2n) is 9.94. The molecule has 0 saturated carbocycles. The molecule has 0 aromatic carbocycles. The molecule has 0 aliphatic carbocycles. The van der Waals surface area contributed by atoms with Gasteiger partial charge in [0.1, 0.15) is 0 Å². The van der Waals surface area contributed by atoms with Crippen molar-refractivity contribution in [3.8, 4) is 0 Å². The van der Waals surface area contributed by atoms with E-state index in [0.717, 1.165) is 19.4 Å². The molecule has 0 rings (SSSR count). The van der Waals surface area contributed by atoms with E-state index < -0.39 is 20.9 Å². The Labute approximate surface area is 194 Å². The molecule has 1 unspecified atom stereocenters.